The van der Waals surface area contributed by atoms with Gasteiger partial charge in [-0.1, -0.05) is 18.2 Å². The summed E-state index contributed by atoms with van der Waals surface area (Å²) in [5.74, 6) is 0. The Hall–Kier alpha value is -0.685. The lowest BCUT2D eigenvalue weighted by Crippen LogP contribution is -2.32. The van der Waals surface area contributed by atoms with Crippen LogP contribution >= 0.6 is 0 Å². The van der Waals surface area contributed by atoms with Gasteiger partial charge in [0.05, 0.1) is 4.90 Å². The third-order valence-corrected chi connectivity index (χ3v) is 2.13. The third-order valence-electron chi connectivity index (χ3n) is 1.39. The Kier molecular flexibility index (Phi) is 2.99. The Morgan fingerprint density at radius 3 is 2.25 bits per heavy atom. The summed E-state index contributed by atoms with van der Waals surface area (Å²) in [5, 5.41) is 17.5. The highest BCUT2D eigenvalue weighted by molar-refractivity contribution is 7.79. The van der Waals surface area contributed by atoms with Gasteiger partial charge in [0.25, 0.3) is 0 Å². The molecular formula is C6H7BO4S. The Bertz CT molecular complexity index is 301. The first kappa shape index (κ1) is 9.40. The molecule has 3 N–H and O–H groups in total. The van der Waals surface area contributed by atoms with Crippen molar-refractivity contribution in [2.24, 2.45) is 0 Å². The van der Waals surface area contributed by atoms with E-state index in [0.29, 0.717) is 0 Å². The molecule has 4 nitrogen and oxygen atoms in total. The molecule has 0 heterocycles. The molecule has 0 aliphatic carbocycles. The van der Waals surface area contributed by atoms with Gasteiger partial charge in [0.1, 0.15) is 0 Å². The molecule has 1 atom stereocenters. The first-order chi connectivity index (χ1) is 5.63. The molecule has 0 aromatic heterocycles. The highest BCUT2D eigenvalue weighted by Crippen LogP contribution is 2.00. The maximum Gasteiger partial charge on any atom is 0.489 e. The summed E-state index contributed by atoms with van der Waals surface area (Å²) in [6.07, 6.45) is 0. The van der Waals surface area contributed by atoms with Crippen molar-refractivity contribution in [1.82, 2.24) is 0 Å². The fraction of sp³-hybridized carbons (Fsp3) is 0. The van der Waals surface area contributed by atoms with Crippen LogP contribution in [0.15, 0.2) is 29.2 Å². The van der Waals surface area contributed by atoms with Crippen LogP contribution < -0.4 is 5.46 Å². The maximum absolute atomic E-state index is 10.6. The molecule has 12 heavy (non-hydrogen) atoms. The van der Waals surface area contributed by atoms with Crippen LogP contribution in [-0.4, -0.2) is 25.9 Å². The van der Waals surface area contributed by atoms with Crippen molar-refractivity contribution in [2.45, 2.75) is 4.90 Å². The minimum absolute atomic E-state index is 0.0208. The van der Waals surface area contributed by atoms with Gasteiger partial charge in [0.2, 0.25) is 0 Å². The zero-order valence-corrected chi connectivity index (χ0v) is 6.86. The fourth-order valence-corrected chi connectivity index (χ4v) is 1.42. The van der Waals surface area contributed by atoms with E-state index in [-0.39, 0.29) is 10.4 Å². The Labute approximate surface area is 72.3 Å². The van der Waals surface area contributed by atoms with E-state index in [2.05, 4.69) is 0 Å². The first-order valence-electron chi connectivity index (χ1n) is 3.19. The summed E-state index contributed by atoms with van der Waals surface area (Å²) in [4.78, 5) is 0.0208. The van der Waals surface area contributed by atoms with E-state index in [1.54, 1.807) is 12.1 Å². The molecule has 0 aliphatic heterocycles. The van der Waals surface area contributed by atoms with E-state index in [4.69, 9.17) is 14.6 Å². The Morgan fingerprint density at radius 1 is 1.25 bits per heavy atom. The summed E-state index contributed by atoms with van der Waals surface area (Å²) in [5.41, 5.74) is 0.0540. The van der Waals surface area contributed by atoms with Crippen LogP contribution in [-0.2, 0) is 11.1 Å². The number of hydrogen-bond donors (Lipinski definition) is 3. The predicted molar refractivity (Wildman–Crippen MR) is 45.3 cm³/mol. The fourth-order valence-electron chi connectivity index (χ4n) is 0.853. The molecule has 1 aromatic rings. The van der Waals surface area contributed by atoms with Crippen molar-refractivity contribution >= 4 is 23.7 Å². The van der Waals surface area contributed by atoms with Gasteiger partial charge in [-0.05, 0) is 6.07 Å². The molecule has 0 saturated carbocycles. The first-order valence-corrected chi connectivity index (χ1v) is 4.29. The molecule has 0 bridgehead atoms. The van der Waals surface area contributed by atoms with E-state index in [9.17, 15) is 4.21 Å². The second-order valence-corrected chi connectivity index (χ2v) is 3.10. The summed E-state index contributed by atoms with van der Waals surface area (Å²) in [6.45, 7) is 0. The van der Waals surface area contributed by atoms with Crippen LogP contribution in [0.25, 0.3) is 0 Å². The van der Waals surface area contributed by atoms with Crippen molar-refractivity contribution in [1.29, 1.82) is 0 Å². The molecule has 6 heteroatoms. The smallest absolute Gasteiger partial charge is 0.423 e. The van der Waals surface area contributed by atoms with Crippen LogP contribution in [0.4, 0.5) is 0 Å². The van der Waals surface area contributed by atoms with Crippen molar-refractivity contribution in [3.8, 4) is 0 Å². The van der Waals surface area contributed by atoms with Gasteiger partial charge in [-0.2, -0.15) is 0 Å². The SMILES string of the molecule is O=S(O)c1ccccc1B(O)O. The van der Waals surface area contributed by atoms with Crippen molar-refractivity contribution in [3.05, 3.63) is 24.3 Å². The van der Waals surface area contributed by atoms with Gasteiger partial charge in [-0.25, -0.2) is 4.21 Å². The van der Waals surface area contributed by atoms with E-state index >= 15 is 0 Å². The Morgan fingerprint density at radius 2 is 1.83 bits per heavy atom. The quantitative estimate of drug-likeness (QED) is 0.406. The van der Waals surface area contributed by atoms with Crippen molar-refractivity contribution in [2.75, 3.05) is 0 Å². The van der Waals surface area contributed by atoms with E-state index < -0.39 is 18.2 Å². The summed E-state index contributed by atoms with van der Waals surface area (Å²) >= 11 is -2.18. The molecule has 1 aromatic carbocycles. The number of benzene rings is 1. The number of rotatable bonds is 2. The second-order valence-electron chi connectivity index (χ2n) is 2.16. The lowest BCUT2D eigenvalue weighted by atomic mass is 9.80. The topological polar surface area (TPSA) is 77.8 Å². The second kappa shape index (κ2) is 3.82. The van der Waals surface area contributed by atoms with Crippen molar-refractivity contribution < 1.29 is 18.8 Å². The van der Waals surface area contributed by atoms with Gasteiger partial charge in [0, 0.05) is 5.46 Å². The van der Waals surface area contributed by atoms with E-state index in [0.717, 1.165) is 0 Å². The lowest BCUT2D eigenvalue weighted by molar-refractivity contribution is 0.424. The third kappa shape index (κ3) is 1.92. The van der Waals surface area contributed by atoms with Crippen LogP contribution in [0.3, 0.4) is 0 Å². The van der Waals surface area contributed by atoms with Crippen LogP contribution in [0.5, 0.6) is 0 Å². The monoisotopic (exact) mass is 186 g/mol. The normalized spacial score (nSPS) is 12.6. The van der Waals surface area contributed by atoms with Gasteiger partial charge in [0.15, 0.2) is 11.1 Å². The molecule has 64 valence electrons. The largest absolute Gasteiger partial charge is 0.489 e. The van der Waals surface area contributed by atoms with Crippen molar-refractivity contribution in [3.63, 3.8) is 0 Å². The molecule has 0 radical (unpaired) electrons. The summed E-state index contributed by atoms with van der Waals surface area (Å²) in [6, 6.07) is 5.86. The predicted octanol–water partition coefficient (Wildman–Crippen LogP) is -1.05. The maximum atomic E-state index is 10.6. The van der Waals surface area contributed by atoms with Gasteiger partial charge < -0.3 is 14.6 Å². The zero-order valence-electron chi connectivity index (χ0n) is 6.04. The standard InChI is InChI=1S/C6H7BO4S/c8-7(9)5-3-1-2-4-6(5)12(10)11/h1-4,8-9H,(H,10,11). The molecule has 0 fully saturated rings. The van der Waals surface area contributed by atoms with Gasteiger partial charge in [-0.15, -0.1) is 0 Å². The minimum atomic E-state index is -2.18. The van der Waals surface area contributed by atoms with Gasteiger partial charge >= 0.3 is 7.12 Å². The summed E-state index contributed by atoms with van der Waals surface area (Å²) in [7, 11) is -1.71. The van der Waals surface area contributed by atoms with Gasteiger partial charge in [-0.3, -0.25) is 0 Å². The van der Waals surface area contributed by atoms with E-state index in [1.807, 2.05) is 0 Å². The number of hydrogen-bond acceptors (Lipinski definition) is 3. The van der Waals surface area contributed by atoms with E-state index in [1.165, 1.54) is 12.1 Å². The molecule has 1 rings (SSSR count). The highest BCUT2D eigenvalue weighted by Gasteiger charge is 2.17. The minimum Gasteiger partial charge on any atom is -0.423 e. The molecule has 0 aliphatic rings. The zero-order chi connectivity index (χ0) is 9.14. The van der Waals surface area contributed by atoms with Crippen LogP contribution in [0, 0.1) is 0 Å². The Balaban J connectivity index is 3.17. The molecular weight excluding hydrogens is 179 g/mol. The average Bonchev–Trinajstić information content (AvgIpc) is 2.04. The molecule has 0 saturated heterocycles. The average molecular weight is 186 g/mol. The van der Waals surface area contributed by atoms with Crippen LogP contribution in [0.1, 0.15) is 0 Å². The molecule has 1 unspecified atom stereocenters. The lowest BCUT2D eigenvalue weighted by Gasteiger charge is -2.03. The van der Waals surface area contributed by atoms with Crippen LogP contribution in [0.2, 0.25) is 0 Å². The summed E-state index contributed by atoms with van der Waals surface area (Å²) < 4.78 is 19.3. The highest BCUT2D eigenvalue weighted by atomic mass is 32.2. The molecule has 0 amide bonds. The molecule has 0 spiro atoms.